The maximum absolute atomic E-state index is 6.51. The summed E-state index contributed by atoms with van der Waals surface area (Å²) in [6.45, 7) is 0. The molecule has 3 heteroatoms. The Morgan fingerprint density at radius 1 is 0.328 bits per heavy atom. The molecule has 0 aliphatic rings. The molecule has 2 aromatic heterocycles. The minimum Gasteiger partial charge on any atom is -0.455 e. The molecular formula is C64H42N2O. The monoisotopic (exact) mass is 854 g/mol. The number of nitrogens with zero attached hydrogens (tertiary/aromatic N) is 2. The molecule has 0 unspecified atom stereocenters. The van der Waals surface area contributed by atoms with Crippen LogP contribution in [-0.2, 0) is 0 Å². The number of furan rings is 1. The van der Waals surface area contributed by atoms with Crippen LogP contribution in [0, 0.1) is 0 Å². The lowest BCUT2D eigenvalue weighted by Gasteiger charge is -2.29. The highest BCUT2D eigenvalue weighted by molar-refractivity contribution is 6.14. The number of fused-ring (bicyclic) bond motifs is 7. The molecule has 0 fully saturated rings. The molecule has 0 atom stereocenters. The van der Waals surface area contributed by atoms with E-state index < -0.39 is 0 Å². The summed E-state index contributed by atoms with van der Waals surface area (Å²) in [6, 6.07) is 91.9. The second kappa shape index (κ2) is 16.0. The van der Waals surface area contributed by atoms with Crippen LogP contribution in [0.4, 0.5) is 17.1 Å². The highest BCUT2D eigenvalue weighted by Gasteiger charge is 2.22. The van der Waals surface area contributed by atoms with Crippen molar-refractivity contribution in [3.8, 4) is 50.2 Å². The van der Waals surface area contributed by atoms with Gasteiger partial charge in [-0.2, -0.15) is 0 Å². The molecular weight excluding hydrogens is 813 g/mol. The Balaban J connectivity index is 0.992. The van der Waals surface area contributed by atoms with Gasteiger partial charge >= 0.3 is 0 Å². The van der Waals surface area contributed by atoms with Crippen molar-refractivity contribution >= 4 is 71.6 Å². The fourth-order valence-electron chi connectivity index (χ4n) is 10.4. The maximum Gasteiger partial charge on any atom is 0.143 e. The van der Waals surface area contributed by atoms with E-state index in [4.69, 9.17) is 4.42 Å². The molecule has 11 aromatic carbocycles. The lowest BCUT2D eigenvalue weighted by Crippen LogP contribution is -2.11. The Morgan fingerprint density at radius 2 is 0.851 bits per heavy atom. The second-order valence-electron chi connectivity index (χ2n) is 17.2. The molecule has 13 aromatic rings. The minimum absolute atomic E-state index is 0.898. The second-order valence-corrected chi connectivity index (χ2v) is 17.2. The maximum atomic E-state index is 6.51. The van der Waals surface area contributed by atoms with Crippen molar-refractivity contribution in [2.45, 2.75) is 0 Å². The topological polar surface area (TPSA) is 21.3 Å². The molecule has 0 radical (unpaired) electrons. The SMILES string of the molecule is c1ccc(-c2cccc3cccc(-c4ccccc4N(c4ccc(-c5cccc6c5oc5ccccc56)cc4)c4ccc(-c5cccc6c7ccccc7n(-c7ccccc7)c56)cc4)c23)cc1. The first kappa shape index (κ1) is 38.5. The zero-order valence-corrected chi connectivity index (χ0v) is 36.6. The van der Waals surface area contributed by atoms with Gasteiger partial charge in [0.1, 0.15) is 11.2 Å². The number of para-hydroxylation sites is 6. The lowest BCUT2D eigenvalue weighted by molar-refractivity contribution is 0.670. The molecule has 314 valence electrons. The van der Waals surface area contributed by atoms with Gasteiger partial charge in [-0.15, -0.1) is 0 Å². The number of aromatic nitrogens is 1. The Hall–Kier alpha value is -8.92. The van der Waals surface area contributed by atoms with E-state index in [0.717, 1.165) is 66.9 Å². The average Bonchev–Trinajstić information content (AvgIpc) is 3.96. The van der Waals surface area contributed by atoms with Crippen LogP contribution in [0.1, 0.15) is 0 Å². The summed E-state index contributed by atoms with van der Waals surface area (Å²) in [5.41, 5.74) is 17.8. The van der Waals surface area contributed by atoms with Crippen molar-refractivity contribution in [2.24, 2.45) is 0 Å². The Kier molecular flexibility index (Phi) is 9.17. The number of benzene rings is 11. The number of rotatable bonds is 8. The van der Waals surface area contributed by atoms with Gasteiger partial charge in [-0.3, -0.25) is 0 Å². The van der Waals surface area contributed by atoms with E-state index in [1.807, 2.05) is 12.1 Å². The van der Waals surface area contributed by atoms with Gasteiger partial charge in [-0.05, 0) is 93.2 Å². The minimum atomic E-state index is 0.898. The van der Waals surface area contributed by atoms with Crippen molar-refractivity contribution in [1.29, 1.82) is 0 Å². The summed E-state index contributed by atoms with van der Waals surface area (Å²) in [5.74, 6) is 0. The van der Waals surface area contributed by atoms with Crippen LogP contribution >= 0.6 is 0 Å². The summed E-state index contributed by atoms with van der Waals surface area (Å²) in [7, 11) is 0. The normalized spacial score (nSPS) is 11.6. The molecule has 0 aliphatic heterocycles. The molecule has 67 heavy (non-hydrogen) atoms. The van der Waals surface area contributed by atoms with E-state index in [-0.39, 0.29) is 0 Å². The van der Waals surface area contributed by atoms with Crippen LogP contribution in [0.3, 0.4) is 0 Å². The van der Waals surface area contributed by atoms with Crippen molar-refractivity contribution in [1.82, 2.24) is 4.57 Å². The predicted molar refractivity (Wildman–Crippen MR) is 282 cm³/mol. The highest BCUT2D eigenvalue weighted by atomic mass is 16.3. The van der Waals surface area contributed by atoms with Crippen molar-refractivity contribution < 1.29 is 4.42 Å². The van der Waals surface area contributed by atoms with Gasteiger partial charge in [0.25, 0.3) is 0 Å². The predicted octanol–water partition coefficient (Wildman–Crippen LogP) is 18.0. The van der Waals surface area contributed by atoms with E-state index in [1.54, 1.807) is 0 Å². The molecule has 0 aliphatic carbocycles. The lowest BCUT2D eigenvalue weighted by atomic mass is 9.90. The molecule has 0 amide bonds. The highest BCUT2D eigenvalue weighted by Crippen LogP contribution is 2.46. The van der Waals surface area contributed by atoms with Crippen LogP contribution in [0.15, 0.2) is 259 Å². The molecule has 0 N–H and O–H groups in total. The first-order valence-electron chi connectivity index (χ1n) is 22.9. The van der Waals surface area contributed by atoms with Crippen LogP contribution in [0.25, 0.3) is 105 Å². The first-order chi connectivity index (χ1) is 33.3. The zero-order chi connectivity index (χ0) is 44.3. The smallest absolute Gasteiger partial charge is 0.143 e. The van der Waals surface area contributed by atoms with Crippen molar-refractivity contribution in [2.75, 3.05) is 4.90 Å². The largest absolute Gasteiger partial charge is 0.455 e. The first-order valence-corrected chi connectivity index (χ1v) is 22.9. The average molecular weight is 855 g/mol. The molecule has 2 heterocycles. The summed E-state index contributed by atoms with van der Waals surface area (Å²) in [5, 5.41) is 7.17. The fraction of sp³-hybridized carbons (Fsp3) is 0. The van der Waals surface area contributed by atoms with Crippen LogP contribution in [0.2, 0.25) is 0 Å². The molecule has 0 bridgehead atoms. The number of hydrogen-bond donors (Lipinski definition) is 0. The van der Waals surface area contributed by atoms with E-state index >= 15 is 0 Å². The Labute approximate surface area is 388 Å². The number of anilines is 3. The molecule has 3 nitrogen and oxygen atoms in total. The van der Waals surface area contributed by atoms with E-state index in [0.29, 0.717) is 0 Å². The van der Waals surface area contributed by atoms with Gasteiger partial charge in [0.05, 0.1) is 16.7 Å². The zero-order valence-electron chi connectivity index (χ0n) is 36.6. The van der Waals surface area contributed by atoms with E-state index in [2.05, 4.69) is 252 Å². The summed E-state index contributed by atoms with van der Waals surface area (Å²) in [6.07, 6.45) is 0. The fourth-order valence-corrected chi connectivity index (χ4v) is 10.4. The van der Waals surface area contributed by atoms with Gasteiger partial charge in [0.2, 0.25) is 0 Å². The third-order valence-electron chi connectivity index (χ3n) is 13.4. The van der Waals surface area contributed by atoms with Crippen LogP contribution in [0.5, 0.6) is 0 Å². The van der Waals surface area contributed by atoms with Crippen LogP contribution in [-0.4, -0.2) is 4.57 Å². The third kappa shape index (κ3) is 6.43. The summed E-state index contributed by atoms with van der Waals surface area (Å²) >= 11 is 0. The van der Waals surface area contributed by atoms with Gasteiger partial charge < -0.3 is 13.9 Å². The summed E-state index contributed by atoms with van der Waals surface area (Å²) < 4.78 is 8.92. The van der Waals surface area contributed by atoms with E-state index in [9.17, 15) is 0 Å². The Bertz CT molecular complexity index is 3950. The van der Waals surface area contributed by atoms with Crippen molar-refractivity contribution in [3.63, 3.8) is 0 Å². The van der Waals surface area contributed by atoms with Gasteiger partial charge in [-0.25, -0.2) is 0 Å². The Morgan fingerprint density at radius 3 is 1.61 bits per heavy atom. The van der Waals surface area contributed by atoms with Crippen molar-refractivity contribution in [3.05, 3.63) is 255 Å². The van der Waals surface area contributed by atoms with Gasteiger partial charge in [0.15, 0.2) is 0 Å². The van der Waals surface area contributed by atoms with Crippen LogP contribution < -0.4 is 4.90 Å². The molecule has 0 saturated heterocycles. The standard InChI is InChI=1S/C64H42N2O/c1-3-17-43(18-4-1)50-26-13-19-46-20-14-29-56(62(46)50)53-23-7-10-32-59(53)65(49-41-37-45(38-42-49)52-28-16-31-58-55-25-9-12-34-61(55)67-64(52)58)48-39-35-44(36-40-48)51-27-15-30-57-54-24-8-11-33-60(54)66(63(51)57)47-21-5-2-6-22-47/h1-42H. The van der Waals surface area contributed by atoms with E-state index in [1.165, 1.54) is 54.8 Å². The third-order valence-corrected chi connectivity index (χ3v) is 13.4. The summed E-state index contributed by atoms with van der Waals surface area (Å²) in [4.78, 5) is 2.41. The van der Waals surface area contributed by atoms with Gasteiger partial charge in [0, 0.05) is 55.3 Å². The molecule has 0 spiro atoms. The quantitative estimate of drug-likeness (QED) is 0.152. The molecule has 0 saturated carbocycles. The van der Waals surface area contributed by atoms with Gasteiger partial charge in [-0.1, -0.05) is 200 Å². The molecule has 13 rings (SSSR count). The number of hydrogen-bond acceptors (Lipinski definition) is 2.